The maximum atomic E-state index is 13.3. The van der Waals surface area contributed by atoms with Crippen molar-refractivity contribution in [2.24, 2.45) is 0 Å². The van der Waals surface area contributed by atoms with Gasteiger partial charge in [0, 0.05) is 12.0 Å². The van der Waals surface area contributed by atoms with Crippen LogP contribution in [0.25, 0.3) is 0 Å². The zero-order valence-corrected chi connectivity index (χ0v) is 11.2. The van der Waals surface area contributed by atoms with Gasteiger partial charge in [0.25, 0.3) is 0 Å². The summed E-state index contributed by atoms with van der Waals surface area (Å²) in [5, 5.41) is 0. The van der Waals surface area contributed by atoms with Crippen LogP contribution in [0.1, 0.15) is 22.3 Å². The molecule has 20 heavy (non-hydrogen) atoms. The molecular formula is C16H16FNO2. The predicted octanol–water partition coefficient (Wildman–Crippen LogP) is 3.23. The number of anilines is 1. The molecule has 4 heteroatoms. The van der Waals surface area contributed by atoms with E-state index in [-0.39, 0.29) is 11.5 Å². The molecule has 0 aromatic heterocycles. The third kappa shape index (κ3) is 3.35. The lowest BCUT2D eigenvalue weighted by molar-refractivity contribution is 0.0982. The van der Waals surface area contributed by atoms with Crippen LogP contribution in [-0.2, 0) is 6.42 Å². The van der Waals surface area contributed by atoms with Gasteiger partial charge in [0.1, 0.15) is 11.6 Å². The fraction of sp³-hybridized carbons (Fsp3) is 0.188. The fourth-order valence-electron chi connectivity index (χ4n) is 1.89. The van der Waals surface area contributed by atoms with Crippen LogP contribution in [0, 0.1) is 5.82 Å². The fourth-order valence-corrected chi connectivity index (χ4v) is 1.89. The van der Waals surface area contributed by atoms with Gasteiger partial charge in [-0.2, -0.15) is 0 Å². The predicted molar refractivity (Wildman–Crippen MR) is 76.5 cm³/mol. The quantitative estimate of drug-likeness (QED) is 0.672. The minimum absolute atomic E-state index is 0.0525. The average molecular weight is 273 g/mol. The van der Waals surface area contributed by atoms with E-state index in [1.807, 2.05) is 24.3 Å². The molecule has 0 fully saturated rings. The van der Waals surface area contributed by atoms with Crippen molar-refractivity contribution in [3.05, 3.63) is 59.4 Å². The number of hydrogen-bond acceptors (Lipinski definition) is 3. The van der Waals surface area contributed by atoms with E-state index in [2.05, 4.69) is 0 Å². The zero-order valence-electron chi connectivity index (χ0n) is 11.2. The molecule has 2 aromatic rings. The van der Waals surface area contributed by atoms with Gasteiger partial charge in [-0.15, -0.1) is 0 Å². The van der Waals surface area contributed by atoms with Gasteiger partial charge in [-0.05, 0) is 42.3 Å². The number of carbonyl (C=O) groups excluding carboxylic acids is 1. The second-order valence-electron chi connectivity index (χ2n) is 4.51. The van der Waals surface area contributed by atoms with E-state index in [1.54, 1.807) is 13.2 Å². The normalized spacial score (nSPS) is 10.3. The number of aryl methyl sites for hydroxylation is 1. The Bertz CT molecular complexity index is 608. The van der Waals surface area contributed by atoms with Crippen molar-refractivity contribution >= 4 is 11.5 Å². The van der Waals surface area contributed by atoms with E-state index >= 15 is 0 Å². The summed E-state index contributed by atoms with van der Waals surface area (Å²) < 4.78 is 18.4. The number of nitrogens with two attached hydrogens (primary N) is 1. The van der Waals surface area contributed by atoms with Crippen LogP contribution >= 0.6 is 0 Å². The number of benzene rings is 2. The Morgan fingerprint density at radius 2 is 1.90 bits per heavy atom. The van der Waals surface area contributed by atoms with Gasteiger partial charge >= 0.3 is 0 Å². The summed E-state index contributed by atoms with van der Waals surface area (Å²) in [6.45, 7) is 0. The van der Waals surface area contributed by atoms with E-state index in [0.717, 1.165) is 11.3 Å². The third-order valence-electron chi connectivity index (χ3n) is 3.12. The monoisotopic (exact) mass is 273 g/mol. The van der Waals surface area contributed by atoms with E-state index in [4.69, 9.17) is 10.5 Å². The largest absolute Gasteiger partial charge is 0.497 e. The minimum Gasteiger partial charge on any atom is -0.497 e. The van der Waals surface area contributed by atoms with Crippen LogP contribution in [-0.4, -0.2) is 12.9 Å². The minimum atomic E-state index is -0.555. The summed E-state index contributed by atoms with van der Waals surface area (Å²) in [6, 6.07) is 11.7. The highest BCUT2D eigenvalue weighted by atomic mass is 19.1. The van der Waals surface area contributed by atoms with Crippen molar-refractivity contribution in [3.8, 4) is 5.75 Å². The molecule has 0 unspecified atom stereocenters. The third-order valence-corrected chi connectivity index (χ3v) is 3.12. The average Bonchev–Trinajstić information content (AvgIpc) is 2.48. The number of rotatable bonds is 5. The Hall–Kier alpha value is -2.36. The molecule has 0 aliphatic carbocycles. The topological polar surface area (TPSA) is 52.3 Å². The first-order valence-electron chi connectivity index (χ1n) is 6.31. The van der Waals surface area contributed by atoms with Gasteiger partial charge in [0.15, 0.2) is 5.78 Å². The number of carbonyl (C=O) groups is 1. The molecular weight excluding hydrogens is 257 g/mol. The maximum absolute atomic E-state index is 13.3. The molecule has 2 N–H and O–H groups in total. The number of nitrogen functional groups attached to an aromatic ring is 1. The highest BCUT2D eigenvalue weighted by Gasteiger charge is 2.09. The molecule has 0 bridgehead atoms. The first-order valence-corrected chi connectivity index (χ1v) is 6.31. The summed E-state index contributed by atoms with van der Waals surface area (Å²) in [5.41, 5.74) is 6.82. The first kappa shape index (κ1) is 14.1. The summed E-state index contributed by atoms with van der Waals surface area (Å²) in [5.74, 6) is 0.126. The van der Waals surface area contributed by atoms with Gasteiger partial charge in [-0.1, -0.05) is 12.1 Å². The SMILES string of the molecule is COc1ccc(CCC(=O)c2ccc(N)c(F)c2)cc1. The van der Waals surface area contributed by atoms with Crippen molar-refractivity contribution < 1.29 is 13.9 Å². The van der Waals surface area contributed by atoms with Gasteiger partial charge in [0.05, 0.1) is 12.8 Å². The smallest absolute Gasteiger partial charge is 0.163 e. The van der Waals surface area contributed by atoms with Gasteiger partial charge in [-0.25, -0.2) is 4.39 Å². The van der Waals surface area contributed by atoms with Crippen LogP contribution in [0.3, 0.4) is 0 Å². The maximum Gasteiger partial charge on any atom is 0.163 e. The van der Waals surface area contributed by atoms with Gasteiger partial charge in [-0.3, -0.25) is 4.79 Å². The van der Waals surface area contributed by atoms with Crippen LogP contribution in [0.5, 0.6) is 5.75 Å². The number of hydrogen-bond donors (Lipinski definition) is 1. The summed E-state index contributed by atoms with van der Waals surface area (Å²) in [6.07, 6.45) is 0.935. The molecule has 0 radical (unpaired) electrons. The second-order valence-corrected chi connectivity index (χ2v) is 4.51. The van der Waals surface area contributed by atoms with Gasteiger partial charge in [0.2, 0.25) is 0 Å². The molecule has 3 nitrogen and oxygen atoms in total. The van der Waals surface area contributed by atoms with Crippen molar-refractivity contribution in [1.29, 1.82) is 0 Å². The number of halogens is 1. The van der Waals surface area contributed by atoms with E-state index < -0.39 is 5.82 Å². The molecule has 2 aromatic carbocycles. The molecule has 0 amide bonds. The van der Waals surface area contributed by atoms with E-state index in [1.165, 1.54) is 12.1 Å². The molecule has 0 saturated carbocycles. The molecule has 0 saturated heterocycles. The standard InChI is InChI=1S/C16H16FNO2/c1-20-13-6-2-11(3-7-13)4-9-16(19)12-5-8-15(18)14(17)10-12/h2-3,5-8,10H,4,9,18H2,1H3. The lowest BCUT2D eigenvalue weighted by Gasteiger charge is -2.04. The van der Waals surface area contributed by atoms with Crippen LogP contribution in [0.2, 0.25) is 0 Å². The Balaban J connectivity index is 1.98. The van der Waals surface area contributed by atoms with Gasteiger partial charge < -0.3 is 10.5 Å². The molecule has 0 spiro atoms. The van der Waals surface area contributed by atoms with E-state index in [9.17, 15) is 9.18 Å². The first-order chi connectivity index (χ1) is 9.60. The number of ketones is 1. The molecule has 0 aliphatic rings. The highest BCUT2D eigenvalue weighted by Crippen LogP contribution is 2.16. The van der Waals surface area contributed by atoms with Crippen LogP contribution in [0.15, 0.2) is 42.5 Å². The number of Topliss-reactive ketones (excluding diaryl/α,β-unsaturated/α-hetero) is 1. The molecule has 0 heterocycles. The molecule has 104 valence electrons. The lowest BCUT2D eigenvalue weighted by Crippen LogP contribution is -2.03. The Kier molecular flexibility index (Phi) is 4.35. The Labute approximate surface area is 117 Å². The highest BCUT2D eigenvalue weighted by molar-refractivity contribution is 5.96. The van der Waals surface area contributed by atoms with Crippen LogP contribution < -0.4 is 10.5 Å². The Morgan fingerprint density at radius 3 is 2.50 bits per heavy atom. The lowest BCUT2D eigenvalue weighted by atomic mass is 10.0. The summed E-state index contributed by atoms with van der Waals surface area (Å²) in [4.78, 5) is 12.0. The molecule has 0 aliphatic heterocycles. The number of methoxy groups -OCH3 is 1. The van der Waals surface area contributed by atoms with Crippen molar-refractivity contribution in [2.45, 2.75) is 12.8 Å². The Morgan fingerprint density at radius 1 is 1.20 bits per heavy atom. The van der Waals surface area contributed by atoms with Crippen molar-refractivity contribution in [2.75, 3.05) is 12.8 Å². The van der Waals surface area contributed by atoms with Crippen LogP contribution in [0.4, 0.5) is 10.1 Å². The van der Waals surface area contributed by atoms with E-state index in [0.29, 0.717) is 18.4 Å². The second kappa shape index (κ2) is 6.19. The zero-order chi connectivity index (χ0) is 14.5. The summed E-state index contributed by atoms with van der Waals surface area (Å²) >= 11 is 0. The molecule has 0 atom stereocenters. The van der Waals surface area contributed by atoms with Crippen molar-refractivity contribution in [3.63, 3.8) is 0 Å². The summed E-state index contributed by atoms with van der Waals surface area (Å²) in [7, 11) is 1.61. The molecule has 2 rings (SSSR count). The van der Waals surface area contributed by atoms with Crippen molar-refractivity contribution in [1.82, 2.24) is 0 Å². The number of ether oxygens (including phenoxy) is 1.